The Balaban J connectivity index is 1.71. The van der Waals surface area contributed by atoms with Crippen LogP contribution in [-0.4, -0.2) is 60.0 Å². The highest BCUT2D eigenvalue weighted by atomic mass is 16.5. The fraction of sp³-hybridized carbons (Fsp3) is 0.345. The van der Waals surface area contributed by atoms with Gasteiger partial charge in [-0.1, -0.05) is 37.8 Å². The zero-order valence-electron chi connectivity index (χ0n) is 20.8. The summed E-state index contributed by atoms with van der Waals surface area (Å²) in [6.07, 6.45) is 3.57. The predicted octanol–water partition coefficient (Wildman–Crippen LogP) is 3.76. The lowest BCUT2D eigenvalue weighted by Gasteiger charge is -2.35. The predicted molar refractivity (Wildman–Crippen MR) is 138 cm³/mol. The van der Waals surface area contributed by atoms with Crippen LogP contribution in [0.3, 0.4) is 0 Å². The van der Waals surface area contributed by atoms with Gasteiger partial charge in [0, 0.05) is 30.8 Å². The van der Waals surface area contributed by atoms with Crippen molar-refractivity contribution >= 4 is 29.0 Å². The lowest BCUT2D eigenvalue weighted by Crippen LogP contribution is -2.53. The van der Waals surface area contributed by atoms with Gasteiger partial charge in [-0.15, -0.1) is 0 Å². The number of benzene rings is 2. The Bertz CT molecular complexity index is 1280. The second-order valence-electron chi connectivity index (χ2n) is 9.41. The molecule has 0 aromatic heterocycles. The number of fused-ring (bicyclic) bond motifs is 2. The van der Waals surface area contributed by atoms with E-state index in [0.717, 1.165) is 12.8 Å². The van der Waals surface area contributed by atoms with Gasteiger partial charge >= 0.3 is 0 Å². The maximum atomic E-state index is 14.3. The summed E-state index contributed by atoms with van der Waals surface area (Å²) < 4.78 is 11.3. The van der Waals surface area contributed by atoms with Crippen molar-refractivity contribution < 1.29 is 29.0 Å². The van der Waals surface area contributed by atoms with E-state index in [0.29, 0.717) is 48.7 Å². The molecule has 2 saturated heterocycles. The molecule has 8 heteroatoms. The molecule has 2 aromatic carbocycles. The monoisotopic (exact) mass is 502 g/mol. The fourth-order valence-electron chi connectivity index (χ4n) is 5.56. The van der Waals surface area contributed by atoms with Crippen LogP contribution < -0.4 is 9.64 Å². The molecule has 0 radical (unpaired) electrons. The molecular formula is C29H30N2O6. The molecule has 5 rings (SSSR count). The highest BCUT2D eigenvalue weighted by Crippen LogP contribution is 2.53. The van der Waals surface area contributed by atoms with Crippen molar-refractivity contribution in [1.82, 2.24) is 4.90 Å². The van der Waals surface area contributed by atoms with Gasteiger partial charge in [0.05, 0.1) is 17.4 Å². The van der Waals surface area contributed by atoms with E-state index < -0.39 is 28.9 Å². The van der Waals surface area contributed by atoms with Crippen LogP contribution in [0.5, 0.6) is 5.75 Å². The van der Waals surface area contributed by atoms with Gasteiger partial charge in [-0.3, -0.25) is 14.4 Å². The molecule has 1 N–H and O–H groups in total. The highest BCUT2D eigenvalue weighted by Gasteiger charge is 2.67. The number of rotatable bonds is 8. The topological polar surface area (TPSA) is 96.4 Å². The van der Waals surface area contributed by atoms with E-state index in [-0.39, 0.29) is 18.2 Å². The third-order valence-electron chi connectivity index (χ3n) is 7.16. The van der Waals surface area contributed by atoms with Gasteiger partial charge in [-0.2, -0.15) is 0 Å². The summed E-state index contributed by atoms with van der Waals surface area (Å²) in [7, 11) is 0. The van der Waals surface area contributed by atoms with Crippen LogP contribution in [0.4, 0.5) is 5.69 Å². The minimum absolute atomic E-state index is 0.0791. The molecule has 3 aliphatic rings. The van der Waals surface area contributed by atoms with E-state index in [4.69, 9.17) is 9.47 Å². The summed E-state index contributed by atoms with van der Waals surface area (Å²) >= 11 is 0. The molecule has 0 bridgehead atoms. The SMILES string of the molecule is C=CCOc1ccc(C(O)=C2C(=O)C(=O)N(C[C@@H]3CCCO3)[C@@]23C(=O)N(CCC)c2ccccc23)cc1. The number of aliphatic hydroxyl groups excluding tert-OH is 1. The van der Waals surface area contributed by atoms with Crippen LogP contribution in [0.2, 0.25) is 0 Å². The average Bonchev–Trinajstić information content (AvgIpc) is 3.57. The number of nitrogens with zero attached hydrogens (tertiary/aromatic N) is 2. The van der Waals surface area contributed by atoms with E-state index in [1.165, 1.54) is 4.90 Å². The smallest absolute Gasteiger partial charge is 0.296 e. The molecule has 0 aliphatic carbocycles. The van der Waals surface area contributed by atoms with E-state index in [9.17, 15) is 19.5 Å². The lowest BCUT2D eigenvalue weighted by atomic mass is 9.81. The average molecular weight is 503 g/mol. The van der Waals surface area contributed by atoms with Gasteiger partial charge in [0.1, 0.15) is 18.1 Å². The quantitative estimate of drug-likeness (QED) is 0.256. The van der Waals surface area contributed by atoms with E-state index >= 15 is 0 Å². The first kappa shape index (κ1) is 24.8. The molecule has 3 heterocycles. The lowest BCUT2D eigenvalue weighted by molar-refractivity contribution is -0.145. The summed E-state index contributed by atoms with van der Waals surface area (Å²) in [5.74, 6) is -1.96. The first-order chi connectivity index (χ1) is 17.9. The third-order valence-corrected chi connectivity index (χ3v) is 7.16. The van der Waals surface area contributed by atoms with Crippen LogP contribution >= 0.6 is 0 Å². The zero-order chi connectivity index (χ0) is 26.2. The van der Waals surface area contributed by atoms with Crippen LogP contribution in [0.1, 0.15) is 37.3 Å². The van der Waals surface area contributed by atoms with Crippen molar-refractivity contribution in [2.24, 2.45) is 0 Å². The summed E-state index contributed by atoms with van der Waals surface area (Å²) in [5.41, 5.74) is -0.537. The number of hydrogen-bond donors (Lipinski definition) is 1. The van der Waals surface area contributed by atoms with Crippen molar-refractivity contribution in [1.29, 1.82) is 0 Å². The highest BCUT2D eigenvalue weighted by molar-refractivity contribution is 6.50. The first-order valence-corrected chi connectivity index (χ1v) is 12.6. The number of hydrogen-bond acceptors (Lipinski definition) is 6. The number of Topliss-reactive ketones (excluding diaryl/α,β-unsaturated/α-hetero) is 1. The zero-order valence-corrected chi connectivity index (χ0v) is 20.8. The standard InChI is InChI=1S/C29H30N2O6/c1-3-15-30-23-10-6-5-9-22(23)29(28(30)35)24(25(32)19-11-13-20(14-12-19)36-16-4-2)26(33)27(34)31(29)18-21-8-7-17-37-21/h4-6,9-14,21,32H,2-3,7-8,15-18H2,1H3/t21-,29+/m0/s1. The van der Waals surface area contributed by atoms with E-state index in [1.54, 1.807) is 47.4 Å². The molecule has 1 spiro atoms. The van der Waals surface area contributed by atoms with Gasteiger partial charge in [0.2, 0.25) is 0 Å². The molecule has 0 saturated carbocycles. The Morgan fingerprint density at radius 2 is 1.95 bits per heavy atom. The van der Waals surface area contributed by atoms with Crippen molar-refractivity contribution in [3.05, 3.63) is 77.9 Å². The van der Waals surface area contributed by atoms with E-state index in [1.807, 2.05) is 19.1 Å². The summed E-state index contributed by atoms with van der Waals surface area (Å²) in [5, 5.41) is 11.6. The summed E-state index contributed by atoms with van der Waals surface area (Å²) in [4.78, 5) is 44.5. The minimum atomic E-state index is -1.77. The molecule has 2 fully saturated rings. The molecule has 2 amide bonds. The van der Waals surface area contributed by atoms with Crippen molar-refractivity contribution in [2.45, 2.75) is 37.8 Å². The Labute approximate surface area is 215 Å². The van der Waals surface area contributed by atoms with Gasteiger partial charge in [0.15, 0.2) is 5.54 Å². The summed E-state index contributed by atoms with van der Waals surface area (Å²) in [6.45, 7) is 6.96. The van der Waals surface area contributed by atoms with Crippen LogP contribution in [-0.2, 0) is 24.7 Å². The number of anilines is 1. The Kier molecular flexibility index (Phi) is 6.60. The van der Waals surface area contributed by atoms with Crippen LogP contribution in [0.15, 0.2) is 66.8 Å². The van der Waals surface area contributed by atoms with Crippen molar-refractivity contribution in [3.63, 3.8) is 0 Å². The number of ketones is 1. The second kappa shape index (κ2) is 9.86. The minimum Gasteiger partial charge on any atom is -0.507 e. The number of ether oxygens (including phenoxy) is 2. The number of carbonyl (C=O) groups is 3. The number of carbonyl (C=O) groups excluding carboxylic acids is 3. The Morgan fingerprint density at radius 3 is 2.62 bits per heavy atom. The maximum absolute atomic E-state index is 14.3. The van der Waals surface area contributed by atoms with Crippen molar-refractivity contribution in [2.75, 3.05) is 31.2 Å². The van der Waals surface area contributed by atoms with Crippen molar-refractivity contribution in [3.8, 4) is 5.75 Å². The number of likely N-dealkylation sites (tertiary alicyclic amines) is 1. The second-order valence-corrected chi connectivity index (χ2v) is 9.41. The normalized spacial score (nSPS) is 24.2. The van der Waals surface area contributed by atoms with E-state index in [2.05, 4.69) is 6.58 Å². The molecule has 37 heavy (non-hydrogen) atoms. The molecule has 3 aliphatic heterocycles. The third kappa shape index (κ3) is 3.83. The fourth-order valence-corrected chi connectivity index (χ4v) is 5.56. The molecule has 2 aromatic rings. The van der Waals surface area contributed by atoms with Gasteiger partial charge < -0.3 is 24.4 Å². The summed E-state index contributed by atoms with van der Waals surface area (Å²) in [6, 6.07) is 13.7. The Hall–Kier alpha value is -3.91. The largest absolute Gasteiger partial charge is 0.507 e. The molecular weight excluding hydrogens is 472 g/mol. The molecule has 2 atom stereocenters. The molecule has 8 nitrogen and oxygen atoms in total. The maximum Gasteiger partial charge on any atom is 0.296 e. The molecule has 0 unspecified atom stereocenters. The van der Waals surface area contributed by atoms with Crippen LogP contribution in [0, 0.1) is 0 Å². The molecule has 192 valence electrons. The van der Waals surface area contributed by atoms with Gasteiger partial charge in [-0.05, 0) is 49.6 Å². The number of aliphatic hydroxyl groups is 1. The van der Waals surface area contributed by atoms with Gasteiger partial charge in [-0.25, -0.2) is 0 Å². The van der Waals surface area contributed by atoms with Crippen LogP contribution in [0.25, 0.3) is 5.76 Å². The number of amides is 2. The Morgan fingerprint density at radius 1 is 1.19 bits per heavy atom. The first-order valence-electron chi connectivity index (χ1n) is 12.6. The van der Waals surface area contributed by atoms with Gasteiger partial charge in [0.25, 0.3) is 17.6 Å². The number of para-hydroxylation sites is 1.